The Hall–Kier alpha value is -4.64. The van der Waals surface area contributed by atoms with Crippen LogP contribution in [0, 0.1) is 0 Å². The number of hydrogen-bond acceptors (Lipinski definition) is 7. The van der Waals surface area contributed by atoms with Crippen molar-refractivity contribution in [2.45, 2.75) is 24.9 Å². The van der Waals surface area contributed by atoms with Crippen molar-refractivity contribution in [2.75, 3.05) is 19.1 Å². The van der Waals surface area contributed by atoms with Crippen molar-refractivity contribution >= 4 is 45.3 Å². The molecule has 0 N–H and O–H groups in total. The minimum atomic E-state index is -3.92. The lowest BCUT2D eigenvalue weighted by Gasteiger charge is -2.21. The number of carbonyl (C=O) groups is 2. The lowest BCUT2D eigenvalue weighted by Crippen LogP contribution is -2.30. The summed E-state index contributed by atoms with van der Waals surface area (Å²) in [6.45, 7) is 1.63. The van der Waals surface area contributed by atoms with E-state index in [0.29, 0.717) is 27.9 Å². The number of furan rings is 1. The van der Waals surface area contributed by atoms with E-state index in [1.807, 2.05) is 0 Å². The third kappa shape index (κ3) is 6.33. The SMILES string of the molecule is COC(=O)C1=C(C)N(c2ccc(OC)cc2)C(=O)/C1=C/c1ccc(CN(Cc2ccc(Cl)cc2)S(=O)(=O)c2ccccc2)o1. The maximum absolute atomic E-state index is 13.7. The highest BCUT2D eigenvalue weighted by Gasteiger charge is 2.38. The highest BCUT2D eigenvalue weighted by molar-refractivity contribution is 7.89. The van der Waals surface area contributed by atoms with Gasteiger partial charge in [0, 0.05) is 23.0 Å². The normalized spacial score (nSPS) is 14.5. The molecule has 0 atom stereocenters. The Morgan fingerprint density at radius 2 is 1.61 bits per heavy atom. The fourth-order valence-corrected chi connectivity index (χ4v) is 6.40. The van der Waals surface area contributed by atoms with Crippen LogP contribution in [0.2, 0.25) is 5.02 Å². The summed E-state index contributed by atoms with van der Waals surface area (Å²) in [4.78, 5) is 28.0. The Morgan fingerprint density at radius 3 is 2.25 bits per heavy atom. The van der Waals surface area contributed by atoms with E-state index in [4.69, 9.17) is 25.5 Å². The summed E-state index contributed by atoms with van der Waals surface area (Å²) in [7, 11) is -1.13. The zero-order valence-electron chi connectivity index (χ0n) is 24.2. The second-order valence-electron chi connectivity index (χ2n) is 9.87. The molecule has 3 aromatic carbocycles. The van der Waals surface area contributed by atoms with Gasteiger partial charge in [-0.25, -0.2) is 13.2 Å². The van der Waals surface area contributed by atoms with Gasteiger partial charge in [-0.2, -0.15) is 4.31 Å². The summed E-state index contributed by atoms with van der Waals surface area (Å²) >= 11 is 6.03. The number of esters is 1. The molecule has 0 saturated heterocycles. The molecule has 0 spiro atoms. The van der Waals surface area contributed by atoms with Crippen LogP contribution in [-0.4, -0.2) is 38.8 Å². The number of halogens is 1. The molecule has 1 aliphatic heterocycles. The van der Waals surface area contributed by atoms with E-state index in [0.717, 1.165) is 5.56 Å². The summed E-state index contributed by atoms with van der Waals surface area (Å²) in [6, 6.07) is 25.2. The Labute approximate surface area is 260 Å². The molecule has 0 saturated carbocycles. The van der Waals surface area contributed by atoms with E-state index in [-0.39, 0.29) is 34.9 Å². The zero-order valence-corrected chi connectivity index (χ0v) is 25.8. The Bertz CT molecular complexity index is 1850. The van der Waals surface area contributed by atoms with Crippen LogP contribution in [0.3, 0.4) is 0 Å². The number of anilines is 1. The maximum Gasteiger partial charge on any atom is 0.340 e. The standard InChI is InChI=1S/C33H29ClN2O7S/c1-22-31(33(38)42-3)30(32(37)36(22)25-13-15-26(41-2)16-14-25)19-27-17-18-28(43-27)21-35(20-23-9-11-24(34)12-10-23)44(39,40)29-7-5-4-6-8-29/h4-19H,20-21H2,1-3H3/b30-19+. The van der Waals surface area contributed by atoms with E-state index in [9.17, 15) is 18.0 Å². The van der Waals surface area contributed by atoms with Gasteiger partial charge in [0.15, 0.2) is 0 Å². The number of carbonyl (C=O) groups excluding carboxylic acids is 2. The minimum absolute atomic E-state index is 0.0647. The summed E-state index contributed by atoms with van der Waals surface area (Å²) in [6.07, 6.45) is 1.46. The lowest BCUT2D eigenvalue weighted by molar-refractivity contribution is -0.136. The molecule has 0 unspecified atom stereocenters. The van der Waals surface area contributed by atoms with E-state index < -0.39 is 21.9 Å². The molecule has 1 amide bonds. The van der Waals surface area contributed by atoms with E-state index in [1.54, 1.807) is 92.9 Å². The molecular formula is C33H29ClN2O7S. The van der Waals surface area contributed by atoms with E-state index in [1.165, 1.54) is 34.5 Å². The van der Waals surface area contributed by atoms with Crippen LogP contribution in [0.5, 0.6) is 5.75 Å². The number of hydrogen-bond donors (Lipinski definition) is 0. The van der Waals surface area contributed by atoms with E-state index in [2.05, 4.69) is 0 Å². The van der Waals surface area contributed by atoms with Crippen molar-refractivity contribution < 1.29 is 31.9 Å². The number of benzene rings is 3. The van der Waals surface area contributed by atoms with Gasteiger partial charge in [0.1, 0.15) is 17.3 Å². The van der Waals surface area contributed by atoms with Gasteiger partial charge in [0.25, 0.3) is 5.91 Å². The maximum atomic E-state index is 13.7. The molecule has 44 heavy (non-hydrogen) atoms. The predicted molar refractivity (Wildman–Crippen MR) is 166 cm³/mol. The Kier molecular flexibility index (Phi) is 9.05. The van der Waals surface area contributed by atoms with Crippen molar-refractivity contribution in [1.82, 2.24) is 4.31 Å². The first kappa shape index (κ1) is 30.8. The fourth-order valence-electron chi connectivity index (χ4n) is 4.86. The Balaban J connectivity index is 1.47. The molecule has 0 fully saturated rings. The highest BCUT2D eigenvalue weighted by atomic mass is 35.5. The third-order valence-corrected chi connectivity index (χ3v) is 9.13. The van der Waals surface area contributed by atoms with Gasteiger partial charge in [-0.1, -0.05) is 41.9 Å². The number of nitrogens with zero attached hydrogens (tertiary/aromatic N) is 2. The Morgan fingerprint density at radius 1 is 0.932 bits per heavy atom. The first-order valence-corrected chi connectivity index (χ1v) is 15.3. The summed E-state index contributed by atoms with van der Waals surface area (Å²) < 4.78 is 44.9. The van der Waals surface area contributed by atoms with Crippen LogP contribution in [-0.2, 0) is 37.4 Å². The molecule has 0 aliphatic carbocycles. The molecule has 0 bridgehead atoms. The second-order valence-corrected chi connectivity index (χ2v) is 12.2. The lowest BCUT2D eigenvalue weighted by atomic mass is 10.1. The fraction of sp³-hybridized carbons (Fsp3) is 0.152. The average molecular weight is 633 g/mol. The average Bonchev–Trinajstić information content (AvgIpc) is 3.58. The molecule has 0 radical (unpaired) electrons. The molecule has 1 aromatic heterocycles. The highest BCUT2D eigenvalue weighted by Crippen LogP contribution is 2.36. The van der Waals surface area contributed by atoms with Crippen molar-refractivity contribution in [3.63, 3.8) is 0 Å². The first-order chi connectivity index (χ1) is 21.1. The monoisotopic (exact) mass is 632 g/mol. The third-order valence-electron chi connectivity index (χ3n) is 7.07. The molecule has 5 rings (SSSR count). The quantitative estimate of drug-likeness (QED) is 0.151. The summed E-state index contributed by atoms with van der Waals surface area (Å²) in [5.41, 5.74) is 1.86. The minimum Gasteiger partial charge on any atom is -0.497 e. The summed E-state index contributed by atoms with van der Waals surface area (Å²) in [5, 5.41) is 0.539. The number of methoxy groups -OCH3 is 2. The van der Waals surface area contributed by atoms with Crippen molar-refractivity contribution in [2.24, 2.45) is 0 Å². The van der Waals surface area contributed by atoms with Crippen molar-refractivity contribution in [3.8, 4) is 5.75 Å². The predicted octanol–water partition coefficient (Wildman–Crippen LogP) is 6.21. The first-order valence-electron chi connectivity index (χ1n) is 13.5. The topological polar surface area (TPSA) is 106 Å². The number of amides is 1. The van der Waals surface area contributed by atoms with Gasteiger partial charge < -0.3 is 13.9 Å². The number of allylic oxidation sites excluding steroid dienone is 1. The summed E-state index contributed by atoms with van der Waals surface area (Å²) in [5.74, 6) is 0.101. The number of ether oxygens (including phenoxy) is 2. The van der Waals surface area contributed by atoms with E-state index >= 15 is 0 Å². The van der Waals surface area contributed by atoms with Crippen LogP contribution in [0.25, 0.3) is 6.08 Å². The van der Waals surface area contributed by atoms with Gasteiger partial charge in [-0.3, -0.25) is 9.69 Å². The van der Waals surface area contributed by atoms with Gasteiger partial charge in [-0.15, -0.1) is 0 Å². The van der Waals surface area contributed by atoms with Gasteiger partial charge in [0.05, 0.1) is 36.8 Å². The van der Waals surface area contributed by atoms with Crippen LogP contribution in [0.1, 0.15) is 24.0 Å². The largest absolute Gasteiger partial charge is 0.497 e. The van der Waals surface area contributed by atoms with Gasteiger partial charge in [-0.05, 0) is 79.2 Å². The zero-order chi connectivity index (χ0) is 31.4. The van der Waals surface area contributed by atoms with Crippen LogP contribution in [0.15, 0.2) is 117 Å². The second kappa shape index (κ2) is 12.9. The van der Waals surface area contributed by atoms with Crippen LogP contribution in [0.4, 0.5) is 5.69 Å². The molecule has 1 aliphatic rings. The molecular weight excluding hydrogens is 604 g/mol. The van der Waals surface area contributed by atoms with Crippen molar-refractivity contribution in [1.29, 1.82) is 0 Å². The molecule has 226 valence electrons. The van der Waals surface area contributed by atoms with Crippen LogP contribution >= 0.6 is 11.6 Å². The van der Waals surface area contributed by atoms with Gasteiger partial charge >= 0.3 is 5.97 Å². The number of sulfonamides is 1. The smallest absolute Gasteiger partial charge is 0.340 e. The molecule has 4 aromatic rings. The van der Waals surface area contributed by atoms with Gasteiger partial charge in [0.2, 0.25) is 10.0 Å². The van der Waals surface area contributed by atoms with Crippen LogP contribution < -0.4 is 9.64 Å². The number of rotatable bonds is 10. The molecule has 2 heterocycles. The molecule has 11 heteroatoms. The molecule has 9 nitrogen and oxygen atoms in total. The van der Waals surface area contributed by atoms with Crippen molar-refractivity contribution in [3.05, 3.63) is 130 Å².